The molecule has 202 valence electrons. The van der Waals surface area contributed by atoms with Crippen LogP contribution in [0.4, 0.5) is 0 Å². The Hall–Kier alpha value is -4.71. The standard InChI is InChI=1S/C34H32N2O4/c1-22(2)26-9-11-27(12-10-26)31-30(33(38)34(39)36(31)20-25-8-5-17-35-19-25)32(37)28-13-15-29(16-14-28)40-21-24-7-4-6-23(3)18-24/h4-19,22,31,37H,20-21H2,1-3H3/b32-30+/t31-/m1/s1. The van der Waals surface area contributed by atoms with Crippen LogP contribution < -0.4 is 4.74 Å². The number of hydrogen-bond donors (Lipinski definition) is 1. The second-order valence-corrected chi connectivity index (χ2v) is 10.4. The number of nitrogens with zero attached hydrogens (tertiary/aromatic N) is 2. The molecule has 4 aromatic rings. The molecular formula is C34H32N2O4. The maximum Gasteiger partial charge on any atom is 0.295 e. The lowest BCUT2D eigenvalue weighted by Gasteiger charge is -2.25. The Morgan fingerprint density at radius 2 is 1.68 bits per heavy atom. The summed E-state index contributed by atoms with van der Waals surface area (Å²) < 4.78 is 5.92. The molecule has 1 fully saturated rings. The highest BCUT2D eigenvalue weighted by Crippen LogP contribution is 2.40. The van der Waals surface area contributed by atoms with E-state index in [2.05, 4.69) is 24.9 Å². The van der Waals surface area contributed by atoms with Crippen LogP contribution in [-0.4, -0.2) is 26.7 Å². The number of amides is 1. The molecule has 0 radical (unpaired) electrons. The predicted molar refractivity (Wildman–Crippen MR) is 155 cm³/mol. The first kappa shape index (κ1) is 26.9. The first-order valence-corrected chi connectivity index (χ1v) is 13.4. The molecule has 6 heteroatoms. The van der Waals surface area contributed by atoms with E-state index in [1.807, 2.05) is 55.5 Å². The lowest BCUT2D eigenvalue weighted by molar-refractivity contribution is -0.140. The van der Waals surface area contributed by atoms with Crippen LogP contribution in [0.5, 0.6) is 5.75 Å². The van der Waals surface area contributed by atoms with Crippen LogP contribution in [0.1, 0.15) is 59.2 Å². The van der Waals surface area contributed by atoms with Gasteiger partial charge in [-0.05, 0) is 65.4 Å². The Kier molecular flexibility index (Phi) is 7.78. The van der Waals surface area contributed by atoms with Gasteiger partial charge in [-0.25, -0.2) is 0 Å². The third kappa shape index (κ3) is 5.66. The molecule has 0 unspecified atom stereocenters. The summed E-state index contributed by atoms with van der Waals surface area (Å²) >= 11 is 0. The van der Waals surface area contributed by atoms with Gasteiger partial charge in [0.15, 0.2) is 0 Å². The monoisotopic (exact) mass is 532 g/mol. The fraction of sp³-hybridized carbons (Fsp3) is 0.206. The van der Waals surface area contributed by atoms with Crippen molar-refractivity contribution in [3.63, 3.8) is 0 Å². The summed E-state index contributed by atoms with van der Waals surface area (Å²) in [5.74, 6) is -0.603. The minimum atomic E-state index is -0.737. The summed E-state index contributed by atoms with van der Waals surface area (Å²) in [7, 11) is 0. The van der Waals surface area contributed by atoms with Gasteiger partial charge in [0.25, 0.3) is 11.7 Å². The number of carbonyl (C=O) groups excluding carboxylic acids is 2. The number of hydrogen-bond acceptors (Lipinski definition) is 5. The lowest BCUT2D eigenvalue weighted by atomic mass is 9.93. The van der Waals surface area contributed by atoms with Crippen LogP contribution in [0.15, 0.2) is 103 Å². The Morgan fingerprint density at radius 3 is 2.33 bits per heavy atom. The van der Waals surface area contributed by atoms with E-state index in [0.717, 1.165) is 27.8 Å². The molecule has 1 amide bonds. The third-order valence-electron chi connectivity index (χ3n) is 7.15. The minimum Gasteiger partial charge on any atom is -0.507 e. The topological polar surface area (TPSA) is 79.7 Å². The van der Waals surface area contributed by atoms with Crippen LogP contribution in [0.25, 0.3) is 5.76 Å². The summed E-state index contributed by atoms with van der Waals surface area (Å²) in [4.78, 5) is 32.3. The number of carbonyl (C=O) groups is 2. The fourth-order valence-electron chi connectivity index (χ4n) is 4.97. The molecule has 1 atom stereocenters. The van der Waals surface area contributed by atoms with Crippen LogP contribution in [0, 0.1) is 6.92 Å². The number of ketones is 1. The number of aryl methyl sites for hydroxylation is 1. The molecular weight excluding hydrogens is 500 g/mol. The van der Waals surface area contributed by atoms with Crippen molar-refractivity contribution in [3.8, 4) is 5.75 Å². The van der Waals surface area contributed by atoms with E-state index in [1.165, 1.54) is 4.90 Å². The van der Waals surface area contributed by atoms with Crippen molar-refractivity contribution in [2.75, 3.05) is 0 Å². The quantitative estimate of drug-likeness (QED) is 0.155. The Balaban J connectivity index is 1.48. The van der Waals surface area contributed by atoms with Gasteiger partial charge >= 0.3 is 0 Å². The minimum absolute atomic E-state index is 0.0691. The van der Waals surface area contributed by atoms with E-state index in [4.69, 9.17) is 4.74 Å². The van der Waals surface area contributed by atoms with E-state index in [1.54, 1.807) is 42.7 Å². The zero-order valence-corrected chi connectivity index (χ0v) is 22.9. The number of likely N-dealkylation sites (tertiary alicyclic amines) is 1. The molecule has 6 nitrogen and oxygen atoms in total. The number of aliphatic hydroxyl groups excluding tert-OH is 1. The van der Waals surface area contributed by atoms with Crippen molar-refractivity contribution in [3.05, 3.63) is 136 Å². The summed E-state index contributed by atoms with van der Waals surface area (Å²) in [5, 5.41) is 11.4. The number of rotatable bonds is 8. The van der Waals surface area contributed by atoms with E-state index in [-0.39, 0.29) is 17.9 Å². The molecule has 0 saturated carbocycles. The Labute approximate surface area is 234 Å². The van der Waals surface area contributed by atoms with Gasteiger partial charge in [0.1, 0.15) is 18.1 Å². The van der Waals surface area contributed by atoms with Crippen LogP contribution in [0.2, 0.25) is 0 Å². The third-order valence-corrected chi connectivity index (χ3v) is 7.15. The van der Waals surface area contributed by atoms with E-state index in [0.29, 0.717) is 23.8 Å². The predicted octanol–water partition coefficient (Wildman–Crippen LogP) is 6.71. The first-order chi connectivity index (χ1) is 19.3. The summed E-state index contributed by atoms with van der Waals surface area (Å²) in [6, 6.07) is 25.8. The summed E-state index contributed by atoms with van der Waals surface area (Å²) in [6.07, 6.45) is 3.34. The molecule has 0 spiro atoms. The second-order valence-electron chi connectivity index (χ2n) is 10.4. The van der Waals surface area contributed by atoms with Crippen LogP contribution in [-0.2, 0) is 22.7 Å². The number of Topliss-reactive ketones (excluding diaryl/α,β-unsaturated/α-hetero) is 1. The number of pyridine rings is 1. The Morgan fingerprint density at radius 1 is 0.950 bits per heavy atom. The smallest absolute Gasteiger partial charge is 0.295 e. The molecule has 0 aliphatic carbocycles. The largest absolute Gasteiger partial charge is 0.507 e. The molecule has 1 aromatic heterocycles. The van der Waals surface area contributed by atoms with Crippen molar-refractivity contribution < 1.29 is 19.4 Å². The number of aliphatic hydroxyl groups is 1. The van der Waals surface area contributed by atoms with Crippen molar-refractivity contribution in [2.24, 2.45) is 0 Å². The Bertz CT molecular complexity index is 1540. The van der Waals surface area contributed by atoms with Crippen molar-refractivity contribution in [1.82, 2.24) is 9.88 Å². The van der Waals surface area contributed by atoms with Crippen molar-refractivity contribution in [1.29, 1.82) is 0 Å². The zero-order valence-electron chi connectivity index (χ0n) is 22.9. The zero-order chi connectivity index (χ0) is 28.2. The van der Waals surface area contributed by atoms with Gasteiger partial charge in [-0.2, -0.15) is 0 Å². The normalized spacial score (nSPS) is 16.5. The number of ether oxygens (including phenoxy) is 1. The van der Waals surface area contributed by atoms with Gasteiger partial charge in [-0.1, -0.05) is 74.0 Å². The fourth-order valence-corrected chi connectivity index (χ4v) is 4.97. The molecule has 1 saturated heterocycles. The van der Waals surface area contributed by atoms with Gasteiger partial charge in [-0.15, -0.1) is 0 Å². The molecule has 1 aliphatic heterocycles. The summed E-state index contributed by atoms with van der Waals surface area (Å²) in [6.45, 7) is 6.86. The molecule has 5 rings (SSSR count). The summed E-state index contributed by atoms with van der Waals surface area (Å²) in [5.41, 5.74) is 5.43. The van der Waals surface area contributed by atoms with Crippen LogP contribution >= 0.6 is 0 Å². The first-order valence-electron chi connectivity index (χ1n) is 13.4. The molecule has 2 heterocycles. The maximum atomic E-state index is 13.4. The van der Waals surface area contributed by atoms with E-state index >= 15 is 0 Å². The average molecular weight is 533 g/mol. The highest BCUT2D eigenvalue weighted by Gasteiger charge is 2.46. The number of benzene rings is 3. The molecule has 3 aromatic carbocycles. The lowest BCUT2D eigenvalue weighted by Crippen LogP contribution is -2.29. The highest BCUT2D eigenvalue weighted by molar-refractivity contribution is 6.46. The molecule has 0 bridgehead atoms. The van der Waals surface area contributed by atoms with Crippen molar-refractivity contribution >= 4 is 17.4 Å². The van der Waals surface area contributed by atoms with Gasteiger partial charge < -0.3 is 14.7 Å². The highest BCUT2D eigenvalue weighted by atomic mass is 16.5. The SMILES string of the molecule is Cc1cccc(COc2ccc(/C(O)=C3\C(=O)C(=O)N(Cc4cccnc4)[C@@H]3c3ccc(C(C)C)cc3)cc2)c1. The van der Waals surface area contributed by atoms with Gasteiger partial charge in [0.2, 0.25) is 0 Å². The number of aromatic nitrogens is 1. The van der Waals surface area contributed by atoms with E-state index in [9.17, 15) is 14.7 Å². The maximum absolute atomic E-state index is 13.4. The van der Waals surface area contributed by atoms with E-state index < -0.39 is 17.7 Å². The van der Waals surface area contributed by atoms with Gasteiger partial charge in [-0.3, -0.25) is 14.6 Å². The second kappa shape index (κ2) is 11.6. The molecule has 40 heavy (non-hydrogen) atoms. The molecule has 1 aliphatic rings. The average Bonchev–Trinajstić information content (AvgIpc) is 3.21. The van der Waals surface area contributed by atoms with Crippen molar-refractivity contribution in [2.45, 2.75) is 45.9 Å². The van der Waals surface area contributed by atoms with Gasteiger partial charge in [0.05, 0.1) is 11.6 Å². The van der Waals surface area contributed by atoms with Gasteiger partial charge in [0, 0.05) is 24.5 Å². The molecule has 1 N–H and O–H groups in total. The van der Waals surface area contributed by atoms with Crippen LogP contribution in [0.3, 0.4) is 0 Å².